The molecule has 0 aliphatic carbocycles. The maximum Gasteiger partial charge on any atom is 0.355 e. The lowest BCUT2D eigenvalue weighted by molar-refractivity contribution is -0.126. The van der Waals surface area contributed by atoms with Crippen molar-refractivity contribution in [3.05, 3.63) is 76.6 Å². The van der Waals surface area contributed by atoms with Crippen LogP contribution >= 0.6 is 0 Å². The molecule has 3 aromatic rings. The molecule has 11 nitrogen and oxygen atoms in total. The van der Waals surface area contributed by atoms with E-state index < -0.39 is 36.4 Å². The molecule has 3 unspecified atom stereocenters. The number of ether oxygens (including phenoxy) is 2. The van der Waals surface area contributed by atoms with Gasteiger partial charge in [0, 0.05) is 31.2 Å². The molecular weight excluding hydrogens is 622 g/mol. The van der Waals surface area contributed by atoms with Gasteiger partial charge in [-0.05, 0) is 61.9 Å². The number of amides is 1. The summed E-state index contributed by atoms with van der Waals surface area (Å²) in [7, 11) is 0. The number of dihydropyridines is 1. The molecule has 0 radical (unpaired) electrons. The van der Waals surface area contributed by atoms with Crippen LogP contribution in [0.5, 0.6) is 5.75 Å². The number of halogens is 2. The number of hydrogen-bond acceptors (Lipinski definition) is 9. The van der Waals surface area contributed by atoms with Crippen molar-refractivity contribution in [2.75, 3.05) is 44.4 Å². The number of aryl methyl sites for hydroxylation is 1. The van der Waals surface area contributed by atoms with Crippen molar-refractivity contribution in [2.45, 2.75) is 52.0 Å². The number of aliphatic hydroxyl groups excluding tert-OH is 1. The first kappa shape index (κ1) is 33.3. The topological polar surface area (TPSA) is 122 Å². The van der Waals surface area contributed by atoms with Gasteiger partial charge in [-0.15, -0.1) is 0 Å². The monoisotopic (exact) mass is 662 g/mol. The Hall–Kier alpha value is -4.62. The molecule has 4 atom stereocenters. The smallest absolute Gasteiger partial charge is 0.355 e. The predicted molar refractivity (Wildman–Crippen MR) is 179 cm³/mol. The van der Waals surface area contributed by atoms with Crippen molar-refractivity contribution < 1.29 is 28.2 Å². The molecule has 1 aromatic carbocycles. The number of hydrogen-bond donors (Lipinski definition) is 2. The molecular formula is C35H40F2N6O5. The zero-order valence-electron chi connectivity index (χ0n) is 27.5. The molecule has 3 aliphatic rings. The minimum atomic E-state index is -1.33. The fraction of sp³-hybridized carbons (Fsp3) is 0.429. The summed E-state index contributed by atoms with van der Waals surface area (Å²) < 4.78 is 42.6. The second-order valence-electron chi connectivity index (χ2n) is 12.6. The highest BCUT2D eigenvalue weighted by Crippen LogP contribution is 2.39. The fourth-order valence-electron chi connectivity index (χ4n) is 6.82. The van der Waals surface area contributed by atoms with Crippen LogP contribution in [0.4, 0.5) is 14.6 Å². The molecule has 2 bridgehead atoms. The molecule has 3 aliphatic heterocycles. The van der Waals surface area contributed by atoms with Gasteiger partial charge in [-0.3, -0.25) is 4.79 Å². The number of aromatic nitrogens is 3. The number of fused-ring (bicyclic) bond motifs is 4. The molecule has 0 spiro atoms. The van der Waals surface area contributed by atoms with E-state index in [1.54, 1.807) is 30.2 Å². The van der Waals surface area contributed by atoms with Crippen molar-refractivity contribution in [3.63, 3.8) is 0 Å². The number of piperazine rings is 1. The largest absolute Gasteiger partial charge is 0.490 e. The summed E-state index contributed by atoms with van der Waals surface area (Å²) in [5.74, 6) is -0.324. The summed E-state index contributed by atoms with van der Waals surface area (Å²) in [5, 5.41) is 15.4. The average Bonchev–Trinajstić information content (AvgIpc) is 3.06. The third-order valence-electron chi connectivity index (χ3n) is 9.11. The van der Waals surface area contributed by atoms with Gasteiger partial charge in [0.25, 0.3) is 0 Å². The number of rotatable bonds is 6. The van der Waals surface area contributed by atoms with Crippen LogP contribution in [0.1, 0.15) is 26.3 Å². The zero-order chi connectivity index (χ0) is 34.3. The molecule has 5 heterocycles. The van der Waals surface area contributed by atoms with Crippen LogP contribution in [0.15, 0.2) is 59.6 Å². The zero-order valence-corrected chi connectivity index (χ0v) is 27.5. The first-order valence-corrected chi connectivity index (χ1v) is 16.1. The van der Waals surface area contributed by atoms with Gasteiger partial charge in [-0.1, -0.05) is 26.5 Å². The quantitative estimate of drug-likeness (QED) is 0.382. The van der Waals surface area contributed by atoms with E-state index in [4.69, 9.17) is 14.5 Å². The highest BCUT2D eigenvalue weighted by molar-refractivity contribution is 5.93. The number of anilines is 1. The molecule has 1 amide bonds. The number of benzene rings is 1. The molecule has 2 aromatic heterocycles. The predicted octanol–water partition coefficient (Wildman–Crippen LogP) is 3.59. The number of alkyl halides is 1. The highest BCUT2D eigenvalue weighted by atomic mass is 19.1. The molecule has 1 saturated heterocycles. The van der Waals surface area contributed by atoms with E-state index in [9.17, 15) is 19.1 Å². The van der Waals surface area contributed by atoms with E-state index in [0.717, 1.165) is 0 Å². The SMILES string of the molecule is C=CC(=O)N1CCN(c2nc(=O)n3c4nc(c(C)cc24)-c2c(F)cccc2OCC(O)C(OCCF)C2=C3C(C(C)C)NC=C2)[C@@H](C)C1. The van der Waals surface area contributed by atoms with E-state index >= 15 is 4.39 Å². The van der Waals surface area contributed by atoms with Gasteiger partial charge in [-0.25, -0.2) is 23.1 Å². The van der Waals surface area contributed by atoms with Crippen LogP contribution in [0.25, 0.3) is 28.0 Å². The molecule has 254 valence electrons. The van der Waals surface area contributed by atoms with Crippen LogP contribution in [-0.2, 0) is 9.53 Å². The second-order valence-corrected chi connectivity index (χ2v) is 12.6. The van der Waals surface area contributed by atoms with Gasteiger partial charge < -0.3 is 29.7 Å². The summed E-state index contributed by atoms with van der Waals surface area (Å²) in [6.45, 7) is 11.1. The Balaban J connectivity index is 1.70. The summed E-state index contributed by atoms with van der Waals surface area (Å²) in [4.78, 5) is 40.2. The van der Waals surface area contributed by atoms with Crippen molar-refractivity contribution in [1.29, 1.82) is 0 Å². The molecule has 48 heavy (non-hydrogen) atoms. The van der Waals surface area contributed by atoms with E-state index in [1.807, 2.05) is 31.7 Å². The van der Waals surface area contributed by atoms with Crippen molar-refractivity contribution in [3.8, 4) is 17.0 Å². The van der Waals surface area contributed by atoms with Crippen LogP contribution in [-0.4, -0.2) is 94.3 Å². The maximum atomic E-state index is 15.7. The lowest BCUT2D eigenvalue weighted by Crippen LogP contribution is -2.54. The van der Waals surface area contributed by atoms with Crippen LogP contribution in [0.2, 0.25) is 0 Å². The van der Waals surface area contributed by atoms with Crippen LogP contribution in [0.3, 0.4) is 0 Å². The van der Waals surface area contributed by atoms with E-state index in [0.29, 0.717) is 47.7 Å². The maximum absolute atomic E-state index is 15.7. The van der Waals surface area contributed by atoms with Gasteiger partial charge in [-0.2, -0.15) is 4.98 Å². The number of aliphatic hydroxyl groups is 1. The van der Waals surface area contributed by atoms with E-state index in [-0.39, 0.29) is 53.7 Å². The Morgan fingerprint density at radius 3 is 2.79 bits per heavy atom. The van der Waals surface area contributed by atoms with Crippen molar-refractivity contribution in [1.82, 2.24) is 24.8 Å². The third-order valence-corrected chi connectivity index (χ3v) is 9.11. The summed E-state index contributed by atoms with van der Waals surface area (Å²) in [6.07, 6.45) is 2.25. The lowest BCUT2D eigenvalue weighted by atomic mass is 9.90. The summed E-state index contributed by atoms with van der Waals surface area (Å²) in [5.41, 5.74) is 1.37. The molecule has 1 fully saturated rings. The second kappa shape index (κ2) is 13.5. The number of nitrogens with zero attached hydrogens (tertiary/aromatic N) is 5. The first-order valence-electron chi connectivity index (χ1n) is 16.1. The summed E-state index contributed by atoms with van der Waals surface area (Å²) >= 11 is 0. The Morgan fingerprint density at radius 1 is 1.29 bits per heavy atom. The van der Waals surface area contributed by atoms with Crippen molar-refractivity contribution in [2.24, 2.45) is 5.92 Å². The van der Waals surface area contributed by atoms with Gasteiger partial charge in [0.1, 0.15) is 42.9 Å². The van der Waals surface area contributed by atoms with Crippen molar-refractivity contribution >= 4 is 28.5 Å². The highest BCUT2D eigenvalue weighted by Gasteiger charge is 2.37. The minimum Gasteiger partial charge on any atom is -0.490 e. The van der Waals surface area contributed by atoms with E-state index in [2.05, 4.69) is 16.9 Å². The minimum absolute atomic E-state index is 0.0736. The number of pyridine rings is 1. The number of carbonyl (C=O) groups is 1. The lowest BCUT2D eigenvalue weighted by Gasteiger charge is -2.41. The van der Waals surface area contributed by atoms with Crippen LogP contribution in [0, 0.1) is 18.7 Å². The Bertz CT molecular complexity index is 1870. The van der Waals surface area contributed by atoms with Gasteiger partial charge in [0.05, 0.1) is 35.0 Å². The number of carbonyl (C=O) groups excluding carboxylic acids is 1. The molecule has 13 heteroatoms. The standard InChI is InChI=1S/C35H40F2N6O5/c1-6-27(45)41-13-14-42(21(5)17-41)33-23-16-20(4)30-28-24(37)8-7-9-26(28)48-18-25(44)32(47-15-11-36)22-10-12-38-29(19(2)3)31(22)43(34(23)39-30)35(46)40-33/h6-10,12,16,19,21,25,29,32,38,44H,1,11,13-15,17-18H2,2-5H3/t21-,25?,29?,32?/m0/s1. The first-order chi connectivity index (χ1) is 23.0. The third kappa shape index (κ3) is 5.85. The summed E-state index contributed by atoms with van der Waals surface area (Å²) in [6, 6.07) is 5.53. The van der Waals surface area contributed by atoms with Gasteiger partial charge in [0.2, 0.25) is 5.91 Å². The fourth-order valence-corrected chi connectivity index (χ4v) is 6.82. The molecule has 0 saturated carbocycles. The Labute approximate surface area is 277 Å². The van der Waals surface area contributed by atoms with Gasteiger partial charge in [0.15, 0.2) is 5.65 Å². The Kier molecular flexibility index (Phi) is 9.35. The molecule has 2 N–H and O–H groups in total. The number of nitrogens with one attached hydrogen (secondary N) is 1. The normalized spacial score (nSPS) is 22.5. The molecule has 6 rings (SSSR count). The van der Waals surface area contributed by atoms with E-state index in [1.165, 1.54) is 22.8 Å². The Morgan fingerprint density at radius 2 is 2.08 bits per heavy atom. The van der Waals surface area contributed by atoms with Crippen LogP contribution < -0.4 is 20.6 Å². The average molecular weight is 663 g/mol. The van der Waals surface area contributed by atoms with Gasteiger partial charge >= 0.3 is 5.69 Å².